The van der Waals surface area contributed by atoms with E-state index in [0.29, 0.717) is 18.8 Å². The maximum Gasteiger partial charge on any atom is 0.348 e. The molecule has 1 aliphatic rings. The molecular weight excluding hydrogens is 184 g/mol. The van der Waals surface area contributed by atoms with Crippen molar-refractivity contribution in [3.05, 3.63) is 0 Å². The van der Waals surface area contributed by atoms with Gasteiger partial charge in [-0.25, -0.2) is 21.5 Å². The number of hydrogen-bond acceptors (Lipinski definition) is 4. The summed E-state index contributed by atoms with van der Waals surface area (Å²) in [6.07, 6.45) is 2.72. The van der Waals surface area contributed by atoms with Gasteiger partial charge in [-0.2, -0.15) is 0 Å². The third kappa shape index (κ3) is 2.14. The Bertz CT molecular complexity index is 213. The Labute approximate surface area is 83.2 Å². The van der Waals surface area contributed by atoms with Crippen molar-refractivity contribution in [3.8, 4) is 0 Å². The third-order valence-electron chi connectivity index (χ3n) is 2.87. The van der Waals surface area contributed by atoms with E-state index in [1.165, 1.54) is 0 Å². The molecule has 1 fully saturated rings. The summed E-state index contributed by atoms with van der Waals surface area (Å²) < 4.78 is 0. The number of nitrogens with one attached hydrogen (secondary N) is 1. The van der Waals surface area contributed by atoms with Crippen LogP contribution in [0.1, 0.15) is 32.6 Å². The topological polar surface area (TPSA) is 105 Å². The quantitative estimate of drug-likeness (QED) is 0.202. The molecule has 0 aromatic carbocycles. The monoisotopic (exact) mass is 202 g/mol. The van der Waals surface area contributed by atoms with Gasteiger partial charge < -0.3 is 5.11 Å². The van der Waals surface area contributed by atoms with E-state index in [1.807, 2.05) is 5.43 Å². The second kappa shape index (κ2) is 4.12. The van der Waals surface area contributed by atoms with Crippen molar-refractivity contribution in [2.45, 2.75) is 38.3 Å². The number of hydrogen-bond donors (Lipinski definition) is 4. The lowest BCUT2D eigenvalue weighted by molar-refractivity contribution is -0.114. The number of hydrazine groups is 2. The Morgan fingerprint density at radius 1 is 1.57 bits per heavy atom. The Balaban J connectivity index is 2.61. The summed E-state index contributed by atoms with van der Waals surface area (Å²) in [6.45, 7) is 2.11. The van der Waals surface area contributed by atoms with Crippen molar-refractivity contribution < 1.29 is 9.90 Å². The molecular formula is C8H18N4O2. The summed E-state index contributed by atoms with van der Waals surface area (Å²) in [6, 6.07) is -0.665. The molecule has 0 heterocycles. The molecule has 14 heavy (non-hydrogen) atoms. The van der Waals surface area contributed by atoms with E-state index in [2.05, 4.69) is 6.92 Å². The van der Waals surface area contributed by atoms with Gasteiger partial charge >= 0.3 is 6.03 Å². The Morgan fingerprint density at radius 2 is 2.07 bits per heavy atom. The highest BCUT2D eigenvalue weighted by Gasteiger charge is 2.38. The lowest BCUT2D eigenvalue weighted by Gasteiger charge is -2.40. The smallest absolute Gasteiger partial charge is 0.348 e. The first-order chi connectivity index (χ1) is 6.49. The van der Waals surface area contributed by atoms with Crippen LogP contribution in [0.2, 0.25) is 0 Å². The summed E-state index contributed by atoms with van der Waals surface area (Å²) in [5, 5.41) is 10.8. The van der Waals surface area contributed by atoms with Crippen LogP contribution >= 0.6 is 0 Å². The van der Waals surface area contributed by atoms with Crippen molar-refractivity contribution in [2.24, 2.45) is 17.6 Å². The van der Waals surface area contributed by atoms with E-state index in [9.17, 15) is 9.90 Å². The van der Waals surface area contributed by atoms with Crippen molar-refractivity contribution in [1.29, 1.82) is 0 Å². The molecule has 1 rings (SSSR count). The maximum absolute atomic E-state index is 11.1. The van der Waals surface area contributed by atoms with Crippen LogP contribution in [0, 0.1) is 5.92 Å². The minimum absolute atomic E-state index is 0.498. The molecule has 6 nitrogen and oxygen atoms in total. The highest BCUT2D eigenvalue weighted by Crippen LogP contribution is 2.32. The number of urea groups is 1. The molecule has 1 aliphatic carbocycles. The van der Waals surface area contributed by atoms with Crippen LogP contribution < -0.4 is 17.1 Å². The summed E-state index contributed by atoms with van der Waals surface area (Å²) in [5.74, 6) is 11.0. The Morgan fingerprint density at radius 3 is 2.50 bits per heavy atom. The second-order valence-electron chi connectivity index (χ2n) is 3.98. The fourth-order valence-corrected chi connectivity index (χ4v) is 1.72. The third-order valence-corrected chi connectivity index (χ3v) is 2.87. The van der Waals surface area contributed by atoms with Gasteiger partial charge in [-0.15, -0.1) is 0 Å². The van der Waals surface area contributed by atoms with Crippen LogP contribution in [0.3, 0.4) is 0 Å². The lowest BCUT2D eigenvalue weighted by Crippen LogP contribution is -2.61. The van der Waals surface area contributed by atoms with Crippen LogP contribution in [0.15, 0.2) is 0 Å². The molecule has 0 saturated heterocycles. The summed E-state index contributed by atoms with van der Waals surface area (Å²) in [5.41, 5.74) is 0.660. The van der Waals surface area contributed by atoms with Crippen LogP contribution in [0.5, 0.6) is 0 Å². The normalized spacial score (nSPS) is 32.4. The average Bonchev–Trinajstić information content (AvgIpc) is 2.20. The highest BCUT2D eigenvalue weighted by molar-refractivity contribution is 5.73. The number of aliphatic hydroxyl groups is 1. The summed E-state index contributed by atoms with van der Waals surface area (Å²) in [4.78, 5) is 11.1. The number of nitrogens with zero attached hydrogens (tertiary/aromatic N) is 1. The predicted molar refractivity (Wildman–Crippen MR) is 51.3 cm³/mol. The molecule has 0 spiro atoms. The zero-order valence-electron chi connectivity index (χ0n) is 8.36. The molecule has 0 bridgehead atoms. The van der Waals surface area contributed by atoms with E-state index in [-0.39, 0.29) is 0 Å². The van der Waals surface area contributed by atoms with Gasteiger partial charge in [0.15, 0.2) is 5.72 Å². The molecule has 0 aromatic rings. The fraction of sp³-hybridized carbons (Fsp3) is 0.875. The fourth-order valence-electron chi connectivity index (χ4n) is 1.72. The molecule has 1 saturated carbocycles. The standard InChI is InChI=1S/C8H18N4O2/c1-6-2-4-8(14,5-3-6)12(10)7(13)11-9/h6,14H,2-5,9-10H2,1H3,(H,11,13). The predicted octanol–water partition coefficient (Wildman–Crippen LogP) is -0.356. The molecule has 0 radical (unpaired) electrons. The van der Waals surface area contributed by atoms with E-state index in [1.54, 1.807) is 0 Å². The number of nitrogens with two attached hydrogens (primary N) is 2. The van der Waals surface area contributed by atoms with Gasteiger partial charge in [0.25, 0.3) is 0 Å². The van der Waals surface area contributed by atoms with Crippen LogP contribution in [0.25, 0.3) is 0 Å². The zero-order valence-corrected chi connectivity index (χ0v) is 8.36. The SMILES string of the molecule is CC1CCC(O)(N(N)C(=O)NN)CC1. The molecule has 0 unspecified atom stereocenters. The van der Waals surface area contributed by atoms with Crippen LogP contribution in [-0.4, -0.2) is 21.9 Å². The van der Waals surface area contributed by atoms with Gasteiger partial charge in [0.05, 0.1) is 0 Å². The van der Waals surface area contributed by atoms with Crippen LogP contribution in [0.4, 0.5) is 4.79 Å². The molecule has 6 N–H and O–H groups in total. The number of rotatable bonds is 1. The Hall–Kier alpha value is -0.850. The first-order valence-electron chi connectivity index (χ1n) is 4.77. The van der Waals surface area contributed by atoms with Crippen LogP contribution in [-0.2, 0) is 0 Å². The van der Waals surface area contributed by atoms with Crippen molar-refractivity contribution in [1.82, 2.24) is 10.4 Å². The number of carbonyl (C=O) groups excluding carboxylic acids is 1. The van der Waals surface area contributed by atoms with Gasteiger partial charge in [0.1, 0.15) is 0 Å². The van der Waals surface area contributed by atoms with Gasteiger partial charge in [-0.05, 0) is 31.6 Å². The molecule has 0 aliphatic heterocycles. The average molecular weight is 202 g/mol. The van der Waals surface area contributed by atoms with E-state index >= 15 is 0 Å². The van der Waals surface area contributed by atoms with E-state index < -0.39 is 11.8 Å². The largest absolute Gasteiger partial charge is 0.369 e. The minimum Gasteiger partial charge on any atom is -0.369 e. The molecule has 0 aromatic heterocycles. The van der Waals surface area contributed by atoms with Gasteiger partial charge in [0.2, 0.25) is 0 Å². The highest BCUT2D eigenvalue weighted by atomic mass is 16.3. The summed E-state index contributed by atoms with van der Waals surface area (Å²) >= 11 is 0. The maximum atomic E-state index is 11.1. The molecule has 6 heteroatoms. The van der Waals surface area contributed by atoms with Crippen molar-refractivity contribution in [3.63, 3.8) is 0 Å². The summed E-state index contributed by atoms with van der Waals surface area (Å²) in [7, 11) is 0. The molecule has 2 amide bonds. The molecule has 0 atom stereocenters. The first-order valence-corrected chi connectivity index (χ1v) is 4.77. The van der Waals surface area contributed by atoms with Gasteiger partial charge in [-0.3, -0.25) is 5.43 Å². The number of carbonyl (C=O) groups is 1. The zero-order chi connectivity index (χ0) is 10.8. The van der Waals surface area contributed by atoms with E-state index in [0.717, 1.165) is 17.9 Å². The van der Waals surface area contributed by atoms with Gasteiger partial charge in [-0.1, -0.05) is 6.92 Å². The second-order valence-corrected chi connectivity index (χ2v) is 3.98. The van der Waals surface area contributed by atoms with Crippen molar-refractivity contribution >= 4 is 6.03 Å². The van der Waals surface area contributed by atoms with Gasteiger partial charge in [0, 0.05) is 0 Å². The van der Waals surface area contributed by atoms with E-state index in [4.69, 9.17) is 11.7 Å². The lowest BCUT2D eigenvalue weighted by atomic mass is 9.84. The molecule has 82 valence electrons. The number of amides is 2. The minimum atomic E-state index is -1.24. The van der Waals surface area contributed by atoms with Crippen molar-refractivity contribution in [2.75, 3.05) is 0 Å². The first kappa shape index (κ1) is 11.2. The Kier molecular flexibility index (Phi) is 3.30.